The number of benzene rings is 2. The molecule has 0 aliphatic carbocycles. The largest absolute Gasteiger partial charge is 0.399 e. The second-order valence-electron chi connectivity index (χ2n) is 4.81. The van der Waals surface area contributed by atoms with Crippen LogP contribution in [-0.2, 0) is 13.1 Å². The summed E-state index contributed by atoms with van der Waals surface area (Å²) in [6, 6.07) is 9.73. The Balaban J connectivity index is 1.86. The van der Waals surface area contributed by atoms with E-state index in [9.17, 15) is 9.18 Å². The van der Waals surface area contributed by atoms with Crippen LogP contribution in [-0.4, -0.2) is 10.8 Å². The van der Waals surface area contributed by atoms with Gasteiger partial charge in [0.25, 0.3) is 5.91 Å². The van der Waals surface area contributed by atoms with Crippen molar-refractivity contribution in [3.05, 3.63) is 63.9 Å². The van der Waals surface area contributed by atoms with Gasteiger partial charge in [-0.15, -0.1) is 0 Å². The molecule has 2 aromatic rings. The number of carbonyl (C=O) groups excluding carboxylic acids is 1. The molecule has 0 bridgehead atoms. The molecule has 0 atom stereocenters. The molecule has 1 aliphatic rings. The highest BCUT2D eigenvalue weighted by Gasteiger charge is 2.27. The van der Waals surface area contributed by atoms with Gasteiger partial charge in [0.15, 0.2) is 0 Å². The van der Waals surface area contributed by atoms with E-state index in [0.717, 1.165) is 5.56 Å². The van der Waals surface area contributed by atoms with Gasteiger partial charge in [-0.2, -0.15) is 0 Å². The lowest BCUT2D eigenvalue weighted by Crippen LogP contribution is -2.23. The van der Waals surface area contributed by atoms with E-state index in [-0.39, 0.29) is 12.5 Å². The normalized spacial score (nSPS) is 13.7. The molecule has 3 rings (SSSR count). The van der Waals surface area contributed by atoms with E-state index in [0.29, 0.717) is 28.4 Å². The third kappa shape index (κ3) is 2.23. The Kier molecular flexibility index (Phi) is 3.10. The Labute approximate surface area is 120 Å². The summed E-state index contributed by atoms with van der Waals surface area (Å²) in [6.07, 6.45) is 0. The van der Waals surface area contributed by atoms with Gasteiger partial charge in [-0.3, -0.25) is 4.79 Å². The van der Waals surface area contributed by atoms with Crippen LogP contribution in [0.1, 0.15) is 21.5 Å². The van der Waals surface area contributed by atoms with Crippen LogP contribution in [0, 0.1) is 5.82 Å². The fraction of sp³-hybridized carbons (Fsp3) is 0.133. The summed E-state index contributed by atoms with van der Waals surface area (Å²) >= 11 is 5.72. The number of halogens is 2. The van der Waals surface area contributed by atoms with Crippen molar-refractivity contribution >= 4 is 23.2 Å². The van der Waals surface area contributed by atoms with E-state index in [1.165, 1.54) is 6.07 Å². The van der Waals surface area contributed by atoms with Gasteiger partial charge in [0.1, 0.15) is 5.82 Å². The average molecular weight is 291 g/mol. The van der Waals surface area contributed by atoms with Crippen molar-refractivity contribution in [3.8, 4) is 0 Å². The van der Waals surface area contributed by atoms with Crippen molar-refractivity contribution in [1.82, 2.24) is 4.90 Å². The first-order valence-corrected chi connectivity index (χ1v) is 6.54. The first-order chi connectivity index (χ1) is 9.54. The zero-order valence-electron chi connectivity index (χ0n) is 10.6. The highest BCUT2D eigenvalue weighted by molar-refractivity contribution is 6.30. The SMILES string of the molecule is Nc1ccc2c(c1)C(=O)N(Cc1ccc(Cl)cc1F)C2. The molecule has 0 aromatic heterocycles. The maximum atomic E-state index is 13.8. The molecule has 1 amide bonds. The monoisotopic (exact) mass is 290 g/mol. The van der Waals surface area contributed by atoms with Crippen LogP contribution in [0.4, 0.5) is 10.1 Å². The number of rotatable bonds is 2. The van der Waals surface area contributed by atoms with Crippen molar-refractivity contribution in [1.29, 1.82) is 0 Å². The van der Waals surface area contributed by atoms with Gasteiger partial charge in [0, 0.05) is 34.9 Å². The summed E-state index contributed by atoms with van der Waals surface area (Å²) in [5.41, 5.74) is 8.20. The topological polar surface area (TPSA) is 46.3 Å². The Hall–Kier alpha value is -2.07. The predicted molar refractivity (Wildman–Crippen MR) is 75.8 cm³/mol. The molecule has 1 heterocycles. The molecule has 2 N–H and O–H groups in total. The maximum absolute atomic E-state index is 13.8. The maximum Gasteiger partial charge on any atom is 0.254 e. The zero-order valence-corrected chi connectivity index (χ0v) is 11.3. The van der Waals surface area contributed by atoms with Crippen molar-refractivity contribution in [2.45, 2.75) is 13.1 Å². The number of anilines is 1. The summed E-state index contributed by atoms with van der Waals surface area (Å²) in [5, 5.41) is 0.343. The molecule has 1 aliphatic heterocycles. The molecule has 3 nitrogen and oxygen atoms in total. The molecule has 0 saturated heterocycles. The predicted octanol–water partition coefficient (Wildman–Crippen LogP) is 3.22. The van der Waals surface area contributed by atoms with Crippen molar-refractivity contribution in [2.24, 2.45) is 0 Å². The first-order valence-electron chi connectivity index (χ1n) is 6.16. The highest BCUT2D eigenvalue weighted by atomic mass is 35.5. The fourth-order valence-corrected chi connectivity index (χ4v) is 2.52. The van der Waals surface area contributed by atoms with Crippen LogP contribution in [0.5, 0.6) is 0 Å². The molecular formula is C15H12ClFN2O. The number of hydrogen-bond acceptors (Lipinski definition) is 2. The van der Waals surface area contributed by atoms with Crippen LogP contribution in [0.3, 0.4) is 0 Å². The fourth-order valence-electron chi connectivity index (χ4n) is 2.36. The minimum Gasteiger partial charge on any atom is -0.399 e. The van der Waals surface area contributed by atoms with Crippen molar-refractivity contribution in [2.75, 3.05) is 5.73 Å². The lowest BCUT2D eigenvalue weighted by Gasteiger charge is -2.16. The van der Waals surface area contributed by atoms with Gasteiger partial charge >= 0.3 is 0 Å². The van der Waals surface area contributed by atoms with Crippen LogP contribution >= 0.6 is 11.6 Å². The Morgan fingerprint density at radius 2 is 2.05 bits per heavy atom. The lowest BCUT2D eigenvalue weighted by molar-refractivity contribution is 0.0765. The van der Waals surface area contributed by atoms with E-state index in [1.807, 2.05) is 6.07 Å². The number of nitrogens with two attached hydrogens (primary N) is 1. The van der Waals surface area contributed by atoms with Crippen molar-refractivity contribution < 1.29 is 9.18 Å². The minimum atomic E-state index is -0.402. The van der Waals surface area contributed by atoms with Gasteiger partial charge in [-0.05, 0) is 29.8 Å². The van der Waals surface area contributed by atoms with Crippen LogP contribution < -0.4 is 5.73 Å². The third-order valence-corrected chi connectivity index (χ3v) is 3.62. The molecule has 0 unspecified atom stereocenters. The minimum absolute atomic E-state index is 0.123. The van der Waals surface area contributed by atoms with E-state index in [2.05, 4.69) is 0 Å². The molecule has 0 radical (unpaired) electrons. The van der Waals surface area contributed by atoms with Gasteiger partial charge in [0.2, 0.25) is 0 Å². The number of carbonyl (C=O) groups is 1. The molecule has 5 heteroatoms. The van der Waals surface area contributed by atoms with Gasteiger partial charge < -0.3 is 10.6 Å². The van der Waals surface area contributed by atoms with Crippen LogP contribution in [0.2, 0.25) is 5.02 Å². The van der Waals surface area contributed by atoms with Crippen molar-refractivity contribution in [3.63, 3.8) is 0 Å². The second-order valence-corrected chi connectivity index (χ2v) is 5.25. The van der Waals surface area contributed by atoms with Crippen LogP contribution in [0.15, 0.2) is 36.4 Å². The van der Waals surface area contributed by atoms with Gasteiger partial charge in [-0.1, -0.05) is 23.7 Å². The number of amides is 1. The highest BCUT2D eigenvalue weighted by Crippen LogP contribution is 2.27. The Bertz CT molecular complexity index is 702. The molecule has 102 valence electrons. The lowest BCUT2D eigenvalue weighted by atomic mass is 10.1. The Morgan fingerprint density at radius 3 is 2.80 bits per heavy atom. The molecule has 2 aromatic carbocycles. The summed E-state index contributed by atoms with van der Waals surface area (Å²) in [4.78, 5) is 13.8. The molecular weight excluding hydrogens is 279 g/mol. The number of fused-ring (bicyclic) bond motifs is 1. The zero-order chi connectivity index (χ0) is 14.3. The van der Waals surface area contributed by atoms with Gasteiger partial charge in [0.05, 0.1) is 0 Å². The Morgan fingerprint density at radius 1 is 1.25 bits per heavy atom. The molecule has 0 fully saturated rings. The second kappa shape index (κ2) is 4.80. The summed E-state index contributed by atoms with van der Waals surface area (Å²) in [7, 11) is 0. The van der Waals surface area contributed by atoms with E-state index in [1.54, 1.807) is 29.2 Å². The number of nitrogen functional groups attached to an aromatic ring is 1. The standard InChI is InChI=1S/C15H12ClFN2O/c16-11-3-1-10(14(17)5-11)8-19-7-9-2-4-12(18)6-13(9)15(19)20/h1-6H,7-8,18H2. The first kappa shape index (κ1) is 12.9. The third-order valence-electron chi connectivity index (χ3n) is 3.39. The average Bonchev–Trinajstić information content (AvgIpc) is 2.70. The van der Waals surface area contributed by atoms with Gasteiger partial charge in [-0.25, -0.2) is 4.39 Å². The summed E-state index contributed by atoms with van der Waals surface area (Å²) in [6.45, 7) is 0.687. The smallest absolute Gasteiger partial charge is 0.254 e. The summed E-state index contributed by atoms with van der Waals surface area (Å²) in [5.74, 6) is -0.526. The summed E-state index contributed by atoms with van der Waals surface area (Å²) < 4.78 is 13.8. The quantitative estimate of drug-likeness (QED) is 0.863. The number of nitrogens with zero attached hydrogens (tertiary/aromatic N) is 1. The van der Waals surface area contributed by atoms with E-state index in [4.69, 9.17) is 17.3 Å². The molecule has 0 saturated carbocycles. The van der Waals surface area contributed by atoms with Crippen LogP contribution in [0.25, 0.3) is 0 Å². The molecule has 20 heavy (non-hydrogen) atoms. The van der Waals surface area contributed by atoms with E-state index >= 15 is 0 Å². The van der Waals surface area contributed by atoms with E-state index < -0.39 is 5.82 Å². The molecule has 0 spiro atoms. The number of hydrogen-bond donors (Lipinski definition) is 1.